The minimum Gasteiger partial charge on any atom is -0.389 e. The van der Waals surface area contributed by atoms with Gasteiger partial charge in [0.2, 0.25) is 0 Å². The van der Waals surface area contributed by atoms with Crippen molar-refractivity contribution in [2.75, 3.05) is 0 Å². The smallest absolute Gasteiger partial charge is 0.0762 e. The van der Waals surface area contributed by atoms with E-state index in [0.29, 0.717) is 5.92 Å². The maximum Gasteiger partial charge on any atom is 0.0762 e. The van der Waals surface area contributed by atoms with Crippen molar-refractivity contribution < 1.29 is 5.11 Å². The van der Waals surface area contributed by atoms with Gasteiger partial charge < -0.3 is 5.11 Å². The van der Waals surface area contributed by atoms with Gasteiger partial charge in [0.05, 0.1) is 6.10 Å². The van der Waals surface area contributed by atoms with Gasteiger partial charge in [0.25, 0.3) is 0 Å². The lowest BCUT2D eigenvalue weighted by Gasteiger charge is -2.14. The number of aliphatic hydroxyl groups is 1. The van der Waals surface area contributed by atoms with Gasteiger partial charge in [-0.1, -0.05) is 38.1 Å². The fourth-order valence-corrected chi connectivity index (χ4v) is 1.83. The third kappa shape index (κ3) is 2.58. The molecule has 0 aromatic heterocycles. The first kappa shape index (κ1) is 11.3. The highest BCUT2D eigenvalue weighted by molar-refractivity contribution is 5.27. The van der Waals surface area contributed by atoms with Crippen LogP contribution in [-0.2, 0) is 0 Å². The van der Waals surface area contributed by atoms with Crippen LogP contribution in [-0.4, -0.2) is 5.11 Å². The molecule has 0 aliphatic heterocycles. The van der Waals surface area contributed by atoms with Crippen molar-refractivity contribution in [2.24, 2.45) is 0 Å². The van der Waals surface area contributed by atoms with Crippen molar-refractivity contribution in [3.63, 3.8) is 0 Å². The van der Waals surface area contributed by atoms with Gasteiger partial charge in [-0.05, 0) is 36.8 Å². The summed E-state index contributed by atoms with van der Waals surface area (Å²) in [4.78, 5) is 0. The van der Waals surface area contributed by atoms with Crippen LogP contribution in [0.4, 0.5) is 0 Å². The molecular weight excluding hydrogens is 172 g/mol. The summed E-state index contributed by atoms with van der Waals surface area (Å²) in [5.74, 6) is 0.633. The Hall–Kier alpha value is -0.820. The predicted octanol–water partition coefficient (Wildman–Crippen LogP) is 3.64. The summed E-state index contributed by atoms with van der Waals surface area (Å²) in [5.41, 5.74) is 2.38. The highest BCUT2D eigenvalue weighted by Gasteiger charge is 2.08. The zero-order chi connectivity index (χ0) is 10.6. The Labute approximate surface area is 86.8 Å². The predicted molar refractivity (Wildman–Crippen MR) is 60.4 cm³/mol. The lowest BCUT2D eigenvalue weighted by atomic mass is 9.92. The van der Waals surface area contributed by atoms with E-state index in [0.717, 1.165) is 5.56 Å². The molecule has 1 unspecified atom stereocenters. The Morgan fingerprint density at radius 3 is 2.21 bits per heavy atom. The third-order valence-corrected chi connectivity index (χ3v) is 2.85. The first-order valence-electron chi connectivity index (χ1n) is 5.46. The summed E-state index contributed by atoms with van der Waals surface area (Å²) in [7, 11) is 0. The van der Waals surface area contributed by atoms with Gasteiger partial charge in [-0.25, -0.2) is 0 Å². The summed E-state index contributed by atoms with van der Waals surface area (Å²) >= 11 is 0. The molecule has 1 heteroatoms. The SMILES string of the molecule is CCC(CC)c1cccc(C(C)O)c1. The normalized spacial score (nSPS) is 13.2. The highest BCUT2D eigenvalue weighted by Crippen LogP contribution is 2.25. The molecule has 1 nitrogen and oxygen atoms in total. The van der Waals surface area contributed by atoms with Crippen LogP contribution >= 0.6 is 0 Å². The molecular formula is C13H20O. The third-order valence-electron chi connectivity index (χ3n) is 2.85. The van der Waals surface area contributed by atoms with E-state index in [9.17, 15) is 5.11 Å². The topological polar surface area (TPSA) is 20.2 Å². The van der Waals surface area contributed by atoms with Crippen molar-refractivity contribution >= 4 is 0 Å². The zero-order valence-electron chi connectivity index (χ0n) is 9.33. The van der Waals surface area contributed by atoms with E-state index < -0.39 is 0 Å². The Morgan fingerprint density at radius 2 is 1.71 bits per heavy atom. The summed E-state index contributed by atoms with van der Waals surface area (Å²) in [6, 6.07) is 8.30. The highest BCUT2D eigenvalue weighted by atomic mass is 16.3. The van der Waals surface area contributed by atoms with Gasteiger partial charge in [0, 0.05) is 0 Å². The van der Waals surface area contributed by atoms with Crippen LogP contribution in [0.3, 0.4) is 0 Å². The molecule has 1 aromatic carbocycles. The largest absolute Gasteiger partial charge is 0.389 e. The van der Waals surface area contributed by atoms with Crippen LogP contribution in [0.2, 0.25) is 0 Å². The first-order chi connectivity index (χ1) is 6.69. The van der Waals surface area contributed by atoms with Gasteiger partial charge in [-0.2, -0.15) is 0 Å². The molecule has 0 aliphatic rings. The zero-order valence-corrected chi connectivity index (χ0v) is 9.33. The van der Waals surface area contributed by atoms with E-state index >= 15 is 0 Å². The van der Waals surface area contributed by atoms with Gasteiger partial charge in [0.1, 0.15) is 0 Å². The number of benzene rings is 1. The fourth-order valence-electron chi connectivity index (χ4n) is 1.83. The molecule has 1 aromatic rings. The Morgan fingerprint density at radius 1 is 1.14 bits per heavy atom. The van der Waals surface area contributed by atoms with Crippen molar-refractivity contribution in [3.05, 3.63) is 35.4 Å². The number of aliphatic hydroxyl groups excluding tert-OH is 1. The lowest BCUT2D eigenvalue weighted by molar-refractivity contribution is 0.199. The Bertz CT molecular complexity index is 274. The molecule has 0 saturated carbocycles. The van der Waals surface area contributed by atoms with Gasteiger partial charge in [0.15, 0.2) is 0 Å². The minimum atomic E-state index is -0.357. The second-order valence-corrected chi connectivity index (χ2v) is 3.86. The lowest BCUT2D eigenvalue weighted by Crippen LogP contribution is -1.98. The standard InChI is InChI=1S/C13H20O/c1-4-11(5-2)13-8-6-7-12(9-13)10(3)14/h6-11,14H,4-5H2,1-3H3. The van der Waals surface area contributed by atoms with E-state index in [-0.39, 0.29) is 6.10 Å². The van der Waals surface area contributed by atoms with E-state index in [1.807, 2.05) is 19.1 Å². The van der Waals surface area contributed by atoms with Crippen molar-refractivity contribution in [3.8, 4) is 0 Å². The molecule has 0 bridgehead atoms. The molecule has 14 heavy (non-hydrogen) atoms. The number of hydrogen-bond acceptors (Lipinski definition) is 1. The van der Waals surface area contributed by atoms with Crippen molar-refractivity contribution in [1.82, 2.24) is 0 Å². The minimum absolute atomic E-state index is 0.357. The van der Waals surface area contributed by atoms with Crippen LogP contribution in [0.15, 0.2) is 24.3 Å². The van der Waals surface area contributed by atoms with E-state index in [4.69, 9.17) is 0 Å². The average molecular weight is 192 g/mol. The molecule has 1 rings (SSSR count). The summed E-state index contributed by atoms with van der Waals surface area (Å²) in [5, 5.41) is 9.48. The molecule has 1 N–H and O–H groups in total. The van der Waals surface area contributed by atoms with Gasteiger partial charge >= 0.3 is 0 Å². The van der Waals surface area contributed by atoms with Crippen molar-refractivity contribution in [1.29, 1.82) is 0 Å². The second-order valence-electron chi connectivity index (χ2n) is 3.86. The molecule has 1 atom stereocenters. The van der Waals surface area contributed by atoms with Crippen LogP contribution in [0.5, 0.6) is 0 Å². The average Bonchev–Trinajstić information content (AvgIpc) is 2.20. The summed E-state index contributed by atoms with van der Waals surface area (Å²) in [6.07, 6.45) is 1.98. The molecule has 78 valence electrons. The van der Waals surface area contributed by atoms with Crippen molar-refractivity contribution in [2.45, 2.75) is 45.6 Å². The first-order valence-corrected chi connectivity index (χ1v) is 5.46. The molecule has 0 amide bonds. The molecule has 0 saturated heterocycles. The van der Waals surface area contributed by atoms with Crippen LogP contribution in [0.25, 0.3) is 0 Å². The van der Waals surface area contributed by atoms with Gasteiger partial charge in [-0.3, -0.25) is 0 Å². The van der Waals surface area contributed by atoms with E-state index in [1.165, 1.54) is 18.4 Å². The van der Waals surface area contributed by atoms with E-state index in [1.54, 1.807) is 0 Å². The Kier molecular flexibility index (Phi) is 4.15. The van der Waals surface area contributed by atoms with Crippen LogP contribution < -0.4 is 0 Å². The van der Waals surface area contributed by atoms with E-state index in [2.05, 4.69) is 26.0 Å². The number of rotatable bonds is 4. The molecule has 0 fully saturated rings. The maximum atomic E-state index is 9.48. The summed E-state index contributed by atoms with van der Waals surface area (Å²) < 4.78 is 0. The second kappa shape index (κ2) is 5.16. The van der Waals surface area contributed by atoms with Crippen LogP contribution in [0.1, 0.15) is 56.8 Å². The Balaban J connectivity index is 2.92. The molecule has 0 spiro atoms. The monoisotopic (exact) mass is 192 g/mol. The maximum absolute atomic E-state index is 9.48. The number of hydrogen-bond donors (Lipinski definition) is 1. The fraction of sp³-hybridized carbons (Fsp3) is 0.538. The molecule has 0 aliphatic carbocycles. The molecule has 0 radical (unpaired) electrons. The molecule has 0 heterocycles. The summed E-state index contributed by atoms with van der Waals surface area (Å²) in [6.45, 7) is 6.23. The van der Waals surface area contributed by atoms with Gasteiger partial charge in [-0.15, -0.1) is 0 Å². The quantitative estimate of drug-likeness (QED) is 0.772. The van der Waals surface area contributed by atoms with Crippen LogP contribution in [0, 0.1) is 0 Å².